The van der Waals surface area contributed by atoms with Crippen molar-refractivity contribution in [2.75, 3.05) is 13.7 Å². The molecule has 7 heteroatoms. The van der Waals surface area contributed by atoms with Crippen molar-refractivity contribution in [3.63, 3.8) is 0 Å². The van der Waals surface area contributed by atoms with Gasteiger partial charge in [-0.3, -0.25) is 4.79 Å². The summed E-state index contributed by atoms with van der Waals surface area (Å²) in [5.41, 5.74) is 2.55. The zero-order chi connectivity index (χ0) is 18.7. The molecule has 136 valence electrons. The zero-order valence-corrected chi connectivity index (χ0v) is 14.9. The summed E-state index contributed by atoms with van der Waals surface area (Å²) < 4.78 is 10.8. The lowest BCUT2D eigenvalue weighted by molar-refractivity contribution is 0.0939. The monoisotopic (exact) mass is 355 g/mol. The van der Waals surface area contributed by atoms with Crippen LogP contribution in [0.3, 0.4) is 0 Å². The van der Waals surface area contributed by atoms with E-state index in [4.69, 9.17) is 9.47 Å². The molecule has 7 nitrogen and oxygen atoms in total. The number of hydrogen-bond donors (Lipinski definition) is 3. The summed E-state index contributed by atoms with van der Waals surface area (Å²) in [4.78, 5) is 29.3. The largest absolute Gasteiger partial charge is 0.493 e. The maximum atomic E-state index is 12.6. The number of benzene rings is 2. The van der Waals surface area contributed by atoms with E-state index in [-0.39, 0.29) is 17.6 Å². The van der Waals surface area contributed by atoms with Gasteiger partial charge in [-0.1, -0.05) is 6.07 Å². The Balaban J connectivity index is 1.78. The summed E-state index contributed by atoms with van der Waals surface area (Å²) >= 11 is 0. The van der Waals surface area contributed by atoms with Crippen LogP contribution >= 0.6 is 0 Å². The highest BCUT2D eigenvalue weighted by Gasteiger charge is 2.15. The topological polar surface area (TPSA) is 96.2 Å². The van der Waals surface area contributed by atoms with Gasteiger partial charge in [-0.2, -0.15) is 0 Å². The molecule has 0 saturated carbocycles. The standard InChI is InChI=1S/C19H21N3O4/c1-4-26-16-8-6-13(10-17(16)25-3)18(23)20-11(2)12-5-7-14-15(9-12)22-19(24)21-14/h5-11H,4H2,1-3H3,(H,20,23)(H2,21,22,24). The number of rotatable bonds is 6. The highest BCUT2D eigenvalue weighted by Crippen LogP contribution is 2.28. The molecule has 1 heterocycles. The van der Waals surface area contributed by atoms with E-state index in [1.54, 1.807) is 18.2 Å². The van der Waals surface area contributed by atoms with E-state index >= 15 is 0 Å². The number of aromatic nitrogens is 2. The van der Waals surface area contributed by atoms with Crippen molar-refractivity contribution in [2.24, 2.45) is 0 Å². The number of nitrogens with one attached hydrogen (secondary N) is 3. The van der Waals surface area contributed by atoms with Crippen LogP contribution in [0.2, 0.25) is 0 Å². The first kappa shape index (κ1) is 17.6. The van der Waals surface area contributed by atoms with Crippen LogP contribution in [0, 0.1) is 0 Å². The van der Waals surface area contributed by atoms with Crippen LogP contribution in [0.15, 0.2) is 41.2 Å². The Bertz CT molecular complexity index is 990. The van der Waals surface area contributed by atoms with Crippen LogP contribution in [0.25, 0.3) is 11.0 Å². The third-order valence-electron chi connectivity index (χ3n) is 4.11. The number of carbonyl (C=O) groups is 1. The lowest BCUT2D eigenvalue weighted by atomic mass is 10.1. The minimum Gasteiger partial charge on any atom is -0.493 e. The normalized spacial score (nSPS) is 12.0. The molecule has 0 aliphatic heterocycles. The van der Waals surface area contributed by atoms with Gasteiger partial charge in [-0.25, -0.2) is 4.79 Å². The molecule has 3 aromatic rings. The van der Waals surface area contributed by atoms with Gasteiger partial charge in [0.05, 0.1) is 30.8 Å². The van der Waals surface area contributed by atoms with Gasteiger partial charge < -0.3 is 24.8 Å². The minimum absolute atomic E-state index is 0.221. The number of methoxy groups -OCH3 is 1. The van der Waals surface area contributed by atoms with E-state index in [9.17, 15) is 9.59 Å². The van der Waals surface area contributed by atoms with E-state index in [2.05, 4.69) is 15.3 Å². The molecule has 0 fully saturated rings. The Hall–Kier alpha value is -3.22. The minimum atomic E-state index is -0.254. The van der Waals surface area contributed by atoms with Crippen LogP contribution in [0.5, 0.6) is 11.5 Å². The van der Waals surface area contributed by atoms with E-state index in [0.29, 0.717) is 29.2 Å². The Morgan fingerprint density at radius 2 is 1.88 bits per heavy atom. The van der Waals surface area contributed by atoms with E-state index in [1.165, 1.54) is 7.11 Å². The van der Waals surface area contributed by atoms with Crippen LogP contribution in [0.4, 0.5) is 0 Å². The molecule has 0 saturated heterocycles. The van der Waals surface area contributed by atoms with Crippen LogP contribution in [0.1, 0.15) is 35.8 Å². The van der Waals surface area contributed by atoms with Crippen LogP contribution < -0.4 is 20.5 Å². The van der Waals surface area contributed by atoms with Crippen molar-refractivity contribution < 1.29 is 14.3 Å². The molecule has 0 radical (unpaired) electrons. The first-order valence-corrected chi connectivity index (χ1v) is 8.35. The second-order valence-electron chi connectivity index (χ2n) is 5.88. The average molecular weight is 355 g/mol. The SMILES string of the molecule is CCOc1ccc(C(=O)NC(C)c2ccc3[nH]c(=O)[nH]c3c2)cc1OC. The number of H-pyrrole nitrogens is 2. The molecular formula is C19H21N3O4. The number of amides is 1. The molecule has 0 aliphatic rings. The third kappa shape index (κ3) is 3.56. The summed E-state index contributed by atoms with van der Waals surface area (Å²) in [7, 11) is 1.54. The van der Waals surface area contributed by atoms with Gasteiger partial charge in [0.2, 0.25) is 0 Å². The van der Waals surface area contributed by atoms with E-state index < -0.39 is 0 Å². The highest BCUT2D eigenvalue weighted by molar-refractivity contribution is 5.95. The summed E-state index contributed by atoms with van der Waals surface area (Å²) in [6.07, 6.45) is 0. The average Bonchev–Trinajstić information content (AvgIpc) is 3.01. The number of aromatic amines is 2. The van der Waals surface area contributed by atoms with Gasteiger partial charge in [-0.15, -0.1) is 0 Å². The molecule has 0 bridgehead atoms. The van der Waals surface area contributed by atoms with Crippen molar-refractivity contribution in [3.05, 3.63) is 58.0 Å². The van der Waals surface area contributed by atoms with Gasteiger partial charge in [0.1, 0.15) is 0 Å². The van der Waals surface area contributed by atoms with E-state index in [1.807, 2.05) is 32.0 Å². The quantitative estimate of drug-likeness (QED) is 0.633. The summed E-state index contributed by atoms with van der Waals surface area (Å²) in [5.74, 6) is 0.890. The predicted molar refractivity (Wildman–Crippen MR) is 99.0 cm³/mol. The van der Waals surface area contributed by atoms with E-state index in [0.717, 1.165) is 11.1 Å². The molecule has 1 atom stereocenters. The molecule has 0 spiro atoms. The van der Waals surface area contributed by atoms with Gasteiger partial charge in [0.25, 0.3) is 5.91 Å². The fraction of sp³-hybridized carbons (Fsp3) is 0.263. The van der Waals surface area contributed by atoms with Gasteiger partial charge in [0, 0.05) is 5.56 Å². The highest BCUT2D eigenvalue weighted by atomic mass is 16.5. The number of imidazole rings is 1. The number of fused-ring (bicyclic) bond motifs is 1. The van der Waals surface area contributed by atoms with Gasteiger partial charge >= 0.3 is 5.69 Å². The Labute approximate surface area is 150 Å². The summed E-state index contributed by atoms with van der Waals surface area (Å²) in [5, 5.41) is 2.95. The van der Waals surface area contributed by atoms with Crippen molar-refractivity contribution in [1.29, 1.82) is 0 Å². The lowest BCUT2D eigenvalue weighted by Gasteiger charge is -2.16. The number of ether oxygens (including phenoxy) is 2. The predicted octanol–water partition coefficient (Wildman–Crippen LogP) is 2.75. The molecular weight excluding hydrogens is 334 g/mol. The van der Waals surface area contributed by atoms with Crippen molar-refractivity contribution in [2.45, 2.75) is 19.9 Å². The Morgan fingerprint density at radius 3 is 2.62 bits per heavy atom. The Kier molecular flexibility index (Phi) is 4.97. The smallest absolute Gasteiger partial charge is 0.323 e. The summed E-state index contributed by atoms with van der Waals surface area (Å²) in [6, 6.07) is 10.4. The maximum absolute atomic E-state index is 12.6. The molecule has 1 amide bonds. The second kappa shape index (κ2) is 7.35. The Morgan fingerprint density at radius 1 is 1.12 bits per heavy atom. The first-order chi connectivity index (χ1) is 12.5. The van der Waals surface area contributed by atoms with Crippen LogP contribution in [-0.2, 0) is 0 Å². The second-order valence-corrected chi connectivity index (χ2v) is 5.88. The molecule has 2 aromatic carbocycles. The molecule has 0 aliphatic carbocycles. The fourth-order valence-electron chi connectivity index (χ4n) is 2.77. The molecule has 1 aromatic heterocycles. The molecule has 26 heavy (non-hydrogen) atoms. The van der Waals surface area contributed by atoms with Crippen molar-refractivity contribution in [1.82, 2.24) is 15.3 Å². The van der Waals surface area contributed by atoms with Crippen molar-refractivity contribution >= 4 is 16.9 Å². The fourth-order valence-corrected chi connectivity index (χ4v) is 2.77. The molecule has 3 N–H and O–H groups in total. The number of carbonyl (C=O) groups excluding carboxylic acids is 1. The molecule has 3 rings (SSSR count). The van der Waals surface area contributed by atoms with Crippen LogP contribution in [-0.4, -0.2) is 29.6 Å². The number of hydrogen-bond acceptors (Lipinski definition) is 4. The molecule has 1 unspecified atom stereocenters. The van der Waals surface area contributed by atoms with Gasteiger partial charge in [0.15, 0.2) is 11.5 Å². The third-order valence-corrected chi connectivity index (χ3v) is 4.11. The summed E-state index contributed by atoms with van der Waals surface area (Å²) in [6.45, 7) is 4.29. The first-order valence-electron chi connectivity index (χ1n) is 8.35. The van der Waals surface area contributed by atoms with Crippen molar-refractivity contribution in [3.8, 4) is 11.5 Å². The maximum Gasteiger partial charge on any atom is 0.323 e. The zero-order valence-electron chi connectivity index (χ0n) is 14.9. The van der Waals surface area contributed by atoms with Gasteiger partial charge in [-0.05, 0) is 49.7 Å². The lowest BCUT2D eigenvalue weighted by Crippen LogP contribution is -2.26.